The summed E-state index contributed by atoms with van der Waals surface area (Å²) in [6.45, 7) is 3.42. The molecule has 8 heteroatoms. The van der Waals surface area contributed by atoms with Gasteiger partial charge in [0.15, 0.2) is 5.13 Å². The first-order valence-electron chi connectivity index (χ1n) is 7.24. The largest absolute Gasteiger partial charge is 0.351 e. The molecule has 0 saturated carbocycles. The molecule has 0 aromatic carbocycles. The minimum atomic E-state index is -0.0872. The Bertz CT molecular complexity index is 656. The molecule has 124 valence electrons. The van der Waals surface area contributed by atoms with E-state index in [4.69, 9.17) is 11.6 Å². The first-order valence-corrected chi connectivity index (χ1v) is 8.44. The first-order chi connectivity index (χ1) is 11.0. The predicted octanol–water partition coefficient (Wildman–Crippen LogP) is 2.93. The van der Waals surface area contributed by atoms with Gasteiger partial charge in [-0.15, -0.1) is 0 Å². The van der Waals surface area contributed by atoms with Gasteiger partial charge in [-0.25, -0.2) is 9.97 Å². The van der Waals surface area contributed by atoms with Gasteiger partial charge in [-0.1, -0.05) is 22.9 Å². The topological polar surface area (TPSA) is 70.1 Å². The summed E-state index contributed by atoms with van der Waals surface area (Å²) in [7, 11) is 4.02. The molecule has 6 nitrogen and oxygen atoms in total. The number of nitrogens with one attached hydrogen (secondary N) is 2. The van der Waals surface area contributed by atoms with E-state index in [0.717, 1.165) is 13.0 Å². The number of rotatable bonds is 7. The van der Waals surface area contributed by atoms with Gasteiger partial charge in [0.1, 0.15) is 10.7 Å². The highest BCUT2D eigenvalue weighted by atomic mass is 35.5. The number of hydrogen-bond donors (Lipinski definition) is 2. The van der Waals surface area contributed by atoms with Gasteiger partial charge >= 0.3 is 0 Å². The van der Waals surface area contributed by atoms with Crippen LogP contribution in [0.3, 0.4) is 0 Å². The Morgan fingerprint density at radius 3 is 2.83 bits per heavy atom. The molecule has 0 unspecified atom stereocenters. The van der Waals surface area contributed by atoms with Crippen molar-refractivity contribution >= 4 is 39.8 Å². The van der Waals surface area contributed by atoms with Crippen LogP contribution < -0.4 is 10.6 Å². The fraction of sp³-hybridized carbons (Fsp3) is 0.400. The van der Waals surface area contributed by atoms with E-state index >= 15 is 0 Å². The van der Waals surface area contributed by atoms with Crippen LogP contribution in [0.4, 0.5) is 10.9 Å². The van der Waals surface area contributed by atoms with Crippen LogP contribution in [0.15, 0.2) is 18.3 Å². The molecule has 0 spiro atoms. The molecule has 0 aliphatic heterocycles. The summed E-state index contributed by atoms with van der Waals surface area (Å²) in [5.74, 6) is 0.553. The molecule has 0 fully saturated rings. The SMILES string of the molecule is Cc1nc(Nc2ccc(Cl)cn2)sc1C(=O)NCCCN(C)C. The number of pyridine rings is 1. The van der Waals surface area contributed by atoms with Gasteiger partial charge in [0.2, 0.25) is 0 Å². The second-order valence-electron chi connectivity index (χ2n) is 5.33. The molecule has 0 aliphatic rings. The zero-order valence-electron chi connectivity index (χ0n) is 13.4. The number of halogens is 1. The summed E-state index contributed by atoms with van der Waals surface area (Å²) < 4.78 is 0. The predicted molar refractivity (Wildman–Crippen MR) is 94.9 cm³/mol. The smallest absolute Gasteiger partial charge is 0.263 e. The normalized spacial score (nSPS) is 10.8. The van der Waals surface area contributed by atoms with E-state index < -0.39 is 0 Å². The second kappa shape index (κ2) is 8.24. The molecule has 2 aromatic heterocycles. The number of hydrogen-bond acceptors (Lipinski definition) is 6. The second-order valence-corrected chi connectivity index (χ2v) is 6.77. The molecule has 0 saturated heterocycles. The lowest BCUT2D eigenvalue weighted by atomic mass is 10.3. The molecule has 0 aliphatic carbocycles. The Kier molecular flexibility index (Phi) is 6.32. The number of thiazole rings is 1. The number of amides is 1. The van der Waals surface area contributed by atoms with Crippen LogP contribution in [0.25, 0.3) is 0 Å². The van der Waals surface area contributed by atoms with Crippen molar-refractivity contribution in [3.8, 4) is 0 Å². The van der Waals surface area contributed by atoms with Crippen LogP contribution in [0.2, 0.25) is 5.02 Å². The number of aryl methyl sites for hydroxylation is 1. The molecule has 2 rings (SSSR count). The molecule has 0 bridgehead atoms. The number of carbonyl (C=O) groups excluding carboxylic acids is 1. The summed E-state index contributed by atoms with van der Waals surface area (Å²) in [6.07, 6.45) is 2.47. The lowest BCUT2D eigenvalue weighted by Gasteiger charge is -2.09. The summed E-state index contributed by atoms with van der Waals surface area (Å²) in [4.78, 5) is 23.4. The maximum atomic E-state index is 12.2. The third-order valence-corrected chi connectivity index (χ3v) is 4.33. The van der Waals surface area contributed by atoms with Crippen LogP contribution in [-0.2, 0) is 0 Å². The molecule has 2 N–H and O–H groups in total. The maximum Gasteiger partial charge on any atom is 0.263 e. The van der Waals surface area contributed by atoms with E-state index in [1.54, 1.807) is 18.3 Å². The van der Waals surface area contributed by atoms with Crippen molar-refractivity contribution in [3.05, 3.63) is 33.9 Å². The Labute approximate surface area is 144 Å². The number of anilines is 2. The summed E-state index contributed by atoms with van der Waals surface area (Å²) in [5, 5.41) is 7.21. The fourth-order valence-electron chi connectivity index (χ4n) is 1.90. The molecule has 2 aromatic rings. The van der Waals surface area contributed by atoms with E-state index in [9.17, 15) is 4.79 Å². The van der Waals surface area contributed by atoms with Crippen LogP contribution in [0, 0.1) is 6.92 Å². The van der Waals surface area contributed by atoms with Crippen LogP contribution >= 0.6 is 22.9 Å². The standard InChI is InChI=1S/C15H20ClN5OS/c1-10-13(14(22)17-7-4-8-21(2)3)23-15(19-10)20-12-6-5-11(16)9-18-12/h5-6,9H,4,7-8H2,1-3H3,(H,17,22)(H,18,19,20). The van der Waals surface area contributed by atoms with Crippen molar-refractivity contribution in [3.63, 3.8) is 0 Å². The average Bonchev–Trinajstić information content (AvgIpc) is 2.86. The van der Waals surface area contributed by atoms with Crippen molar-refractivity contribution in [1.29, 1.82) is 0 Å². The Morgan fingerprint density at radius 2 is 2.17 bits per heavy atom. The Hall–Kier alpha value is -1.70. The van der Waals surface area contributed by atoms with E-state index in [1.807, 2.05) is 21.0 Å². The van der Waals surface area contributed by atoms with Crippen molar-refractivity contribution in [2.24, 2.45) is 0 Å². The first kappa shape index (κ1) is 17.7. The molecule has 2 heterocycles. The van der Waals surface area contributed by atoms with E-state index in [2.05, 4.69) is 25.5 Å². The van der Waals surface area contributed by atoms with Crippen molar-refractivity contribution < 1.29 is 4.79 Å². The number of aromatic nitrogens is 2. The van der Waals surface area contributed by atoms with Gasteiger partial charge in [0.05, 0.1) is 10.7 Å². The molecular formula is C15H20ClN5OS. The van der Waals surface area contributed by atoms with Crippen LogP contribution in [-0.4, -0.2) is 48.0 Å². The van der Waals surface area contributed by atoms with Gasteiger partial charge in [0, 0.05) is 12.7 Å². The Morgan fingerprint density at radius 1 is 1.39 bits per heavy atom. The summed E-state index contributed by atoms with van der Waals surface area (Å²) in [5.41, 5.74) is 0.705. The minimum absolute atomic E-state index is 0.0872. The number of carbonyl (C=O) groups is 1. The van der Waals surface area contributed by atoms with Crippen LogP contribution in [0.5, 0.6) is 0 Å². The van der Waals surface area contributed by atoms with Crippen molar-refractivity contribution in [2.75, 3.05) is 32.5 Å². The van der Waals surface area contributed by atoms with E-state index in [0.29, 0.717) is 33.1 Å². The highest BCUT2D eigenvalue weighted by Crippen LogP contribution is 2.25. The van der Waals surface area contributed by atoms with E-state index in [1.165, 1.54) is 11.3 Å². The lowest BCUT2D eigenvalue weighted by Crippen LogP contribution is -2.26. The number of nitrogens with zero attached hydrogens (tertiary/aromatic N) is 3. The van der Waals surface area contributed by atoms with Crippen molar-refractivity contribution in [1.82, 2.24) is 20.2 Å². The molecular weight excluding hydrogens is 334 g/mol. The quantitative estimate of drug-likeness (QED) is 0.749. The highest BCUT2D eigenvalue weighted by Gasteiger charge is 2.15. The van der Waals surface area contributed by atoms with Crippen LogP contribution in [0.1, 0.15) is 21.8 Å². The fourth-order valence-corrected chi connectivity index (χ4v) is 2.90. The maximum absolute atomic E-state index is 12.2. The van der Waals surface area contributed by atoms with Gasteiger partial charge in [-0.05, 0) is 46.1 Å². The lowest BCUT2D eigenvalue weighted by molar-refractivity contribution is 0.0955. The molecule has 0 atom stereocenters. The van der Waals surface area contributed by atoms with Gasteiger partial charge in [-0.2, -0.15) is 0 Å². The van der Waals surface area contributed by atoms with Gasteiger partial charge in [-0.3, -0.25) is 4.79 Å². The third-order valence-electron chi connectivity index (χ3n) is 3.03. The summed E-state index contributed by atoms with van der Waals surface area (Å²) in [6, 6.07) is 3.51. The van der Waals surface area contributed by atoms with Crippen molar-refractivity contribution in [2.45, 2.75) is 13.3 Å². The average molecular weight is 354 g/mol. The zero-order chi connectivity index (χ0) is 16.8. The summed E-state index contributed by atoms with van der Waals surface area (Å²) >= 11 is 7.12. The molecule has 1 amide bonds. The zero-order valence-corrected chi connectivity index (χ0v) is 15.0. The monoisotopic (exact) mass is 353 g/mol. The van der Waals surface area contributed by atoms with Gasteiger partial charge in [0.25, 0.3) is 5.91 Å². The highest BCUT2D eigenvalue weighted by molar-refractivity contribution is 7.17. The minimum Gasteiger partial charge on any atom is -0.351 e. The molecule has 0 radical (unpaired) electrons. The van der Waals surface area contributed by atoms with E-state index in [-0.39, 0.29) is 5.91 Å². The van der Waals surface area contributed by atoms with Gasteiger partial charge < -0.3 is 15.5 Å². The third kappa shape index (κ3) is 5.46. The Balaban J connectivity index is 1.94. The molecule has 23 heavy (non-hydrogen) atoms.